The molecule has 37 nitrogen and oxygen atoms in total. The molecule has 686 valence electrons. The number of carbonyl (C=O) groups excluding carboxylic acids is 9. The van der Waals surface area contributed by atoms with E-state index in [9.17, 15) is 58.1 Å². The highest BCUT2D eigenvalue weighted by molar-refractivity contribution is 6.35. The fraction of sp³-hybridized carbons (Fsp3) is 0.461. The van der Waals surface area contributed by atoms with Crippen LogP contribution in [0.2, 0.25) is 5.02 Å². The summed E-state index contributed by atoms with van der Waals surface area (Å²) in [6, 6.07) is 25.6. The summed E-state index contributed by atoms with van der Waals surface area (Å²) in [5, 5.41) is 65.9. The fourth-order valence-electron chi connectivity index (χ4n) is 16.0. The number of ether oxygens (including phenoxy) is 2. The number of hydrogen-bond acceptors (Lipinski definition) is 25. The van der Waals surface area contributed by atoms with E-state index in [4.69, 9.17) is 26.2 Å². The van der Waals surface area contributed by atoms with E-state index >= 15 is 4.39 Å². The summed E-state index contributed by atoms with van der Waals surface area (Å²) < 4.78 is 41.5. The molecule has 5 saturated heterocycles. The van der Waals surface area contributed by atoms with Crippen molar-refractivity contribution in [2.75, 3.05) is 89.9 Å². The molecule has 16 rings (SSSR count). The number of fused-ring (bicyclic) bond motifs is 2. The lowest BCUT2D eigenvalue weighted by molar-refractivity contribution is -0.120. The van der Waals surface area contributed by atoms with Crippen LogP contribution in [0.4, 0.5) is 47.5 Å². The van der Waals surface area contributed by atoms with Crippen molar-refractivity contribution in [1.82, 2.24) is 96.9 Å². The van der Waals surface area contributed by atoms with Gasteiger partial charge in [0.25, 0.3) is 11.8 Å². The van der Waals surface area contributed by atoms with Gasteiger partial charge in [-0.3, -0.25) is 54.0 Å². The molecule has 7 aliphatic heterocycles. The Kier molecular flexibility index (Phi) is 33.6. The van der Waals surface area contributed by atoms with Crippen LogP contribution in [-0.4, -0.2) is 231 Å². The first-order chi connectivity index (χ1) is 61.1. The summed E-state index contributed by atoms with van der Waals surface area (Å²) in [4.78, 5) is 128. The zero-order valence-corrected chi connectivity index (χ0v) is 74.3. The van der Waals surface area contributed by atoms with Crippen LogP contribution in [0.25, 0.3) is 28.2 Å². The Bertz CT molecular complexity index is 5190. The minimum absolute atomic E-state index is 0. The molecular formula is C89H113ClF2N26O11. The van der Waals surface area contributed by atoms with Crippen molar-refractivity contribution >= 4 is 94.2 Å². The van der Waals surface area contributed by atoms with Gasteiger partial charge in [-0.05, 0) is 142 Å². The number of benzene rings is 2. The summed E-state index contributed by atoms with van der Waals surface area (Å²) in [6.45, 7) is 26.4. The van der Waals surface area contributed by atoms with E-state index < -0.39 is 46.8 Å². The highest BCUT2D eigenvalue weighted by Crippen LogP contribution is 2.38. The molecule has 14 heterocycles. The topological polar surface area (TPSA) is 461 Å². The standard InChI is InChI=1S/C29H30FN7O4.C19H15ClFN3O3.4C10H16N4O.CH4/c1-17(38)32-19-8-6-11-35(15-19)24-10-12-37(34-24)23-13-21(25-18(14-31)7-5-9-20(25)30)33-22-16-36(27(39)26(22)23)28(40)41-29(2,3)4;1-19(2,3)27-18(26)24-9-14-16(17(24)25)11(20)7-13(23-14)15-10(8-22)5-4-6-12(15)21;4*1-8(15)12-9-3-2-6-14(7-9)10-4-5-11-13-10;/h5,7,9-10,12-13,19H,6,8,11,15-16H2,1-4H3,(H,32,38);4-7H,9H2,1-3H3;4*4-5,9H,2-3,6-7H2,1H3,(H,11,13)(H,12,15);1H4/t19-;;3*9-;;/m1.110../s1. The number of aromatic amines is 4. The molecule has 7 aliphatic rings. The SMILES string of the molecule is C.CC(=O)NC1CCCN(c2ccn[nH]2)C1.CC(=O)N[C@@H]1CCCN(c2ccn(-c3cc(-c4c(F)cccc4C#N)nc4c3C(=O)N(C(=O)OC(C)(C)C)C4)n2)C1.CC(=O)N[C@@H]1CCCN(c2ccn[nH]2)C1.CC(=O)N[C@@H]1CCCN(c2ccn[nH]2)C1.CC(=O)N[C@H]1CCCN(c2ccn[nH]2)C1.CC(C)(C)OC(=O)N1Cc2nc(-c3c(F)cccc3C#N)cc(Cl)c2C1=O. The predicted molar refractivity (Wildman–Crippen MR) is 479 cm³/mol. The third-order valence-corrected chi connectivity index (χ3v) is 21.6. The maximum atomic E-state index is 15.0. The van der Waals surface area contributed by atoms with E-state index in [1.165, 1.54) is 60.1 Å². The van der Waals surface area contributed by atoms with Gasteiger partial charge in [-0.1, -0.05) is 31.2 Å². The number of aromatic nitrogens is 12. The number of rotatable bonds is 13. The van der Waals surface area contributed by atoms with Crippen LogP contribution in [0.5, 0.6) is 0 Å². The lowest BCUT2D eigenvalue weighted by Gasteiger charge is -2.33. The van der Waals surface area contributed by atoms with Crippen molar-refractivity contribution < 1.29 is 61.4 Å². The van der Waals surface area contributed by atoms with Crippen molar-refractivity contribution in [3.63, 3.8) is 0 Å². The van der Waals surface area contributed by atoms with Crippen LogP contribution in [0.1, 0.15) is 191 Å². The Labute approximate surface area is 752 Å². The molecular weight excluding hydrogens is 1680 g/mol. The molecule has 5 fully saturated rings. The number of H-pyrrole nitrogens is 4. The number of hydrogen-bond donors (Lipinski definition) is 9. The average Bonchev–Trinajstić information content (AvgIpc) is 1.61. The maximum Gasteiger partial charge on any atom is 0.417 e. The Morgan fingerprint density at radius 1 is 0.457 bits per heavy atom. The van der Waals surface area contributed by atoms with Crippen molar-refractivity contribution in [2.45, 2.75) is 202 Å². The number of nitrogens with zero attached hydrogens (tertiary/aromatic N) is 17. The molecule has 129 heavy (non-hydrogen) atoms. The highest BCUT2D eigenvalue weighted by atomic mass is 35.5. The molecule has 0 bridgehead atoms. The third-order valence-electron chi connectivity index (χ3n) is 21.3. The molecule has 0 saturated carbocycles. The minimum Gasteiger partial charge on any atom is -0.443 e. The summed E-state index contributed by atoms with van der Waals surface area (Å²) >= 11 is 6.23. The summed E-state index contributed by atoms with van der Waals surface area (Å²) in [7, 11) is 0. The molecule has 2 aromatic carbocycles. The Hall–Kier alpha value is -13.9. The zero-order valence-electron chi connectivity index (χ0n) is 73.6. The highest BCUT2D eigenvalue weighted by Gasteiger charge is 2.42. The Morgan fingerprint density at radius 2 is 0.775 bits per heavy atom. The van der Waals surface area contributed by atoms with Crippen LogP contribution in [0.15, 0.2) is 110 Å². The van der Waals surface area contributed by atoms with E-state index in [1.807, 2.05) is 41.3 Å². The maximum absolute atomic E-state index is 15.0. The smallest absolute Gasteiger partial charge is 0.417 e. The lowest BCUT2D eigenvalue weighted by atomic mass is 10.0. The van der Waals surface area contributed by atoms with Gasteiger partial charge >= 0.3 is 12.2 Å². The second-order valence-electron chi connectivity index (χ2n) is 33.8. The van der Waals surface area contributed by atoms with Crippen LogP contribution in [0.3, 0.4) is 0 Å². The van der Waals surface area contributed by atoms with Crippen LogP contribution in [0, 0.1) is 34.3 Å². The quantitative estimate of drug-likeness (QED) is 0.0518. The van der Waals surface area contributed by atoms with Crippen LogP contribution >= 0.6 is 11.6 Å². The van der Waals surface area contributed by atoms with Crippen molar-refractivity contribution in [2.24, 2.45) is 0 Å². The number of nitrogens with one attached hydrogen (secondary N) is 9. The van der Waals surface area contributed by atoms with E-state index in [0.717, 1.165) is 156 Å². The number of imide groups is 2. The largest absolute Gasteiger partial charge is 0.443 e. The molecule has 5 atom stereocenters. The first-order valence-corrected chi connectivity index (χ1v) is 42.8. The monoisotopic (exact) mass is 1790 g/mol. The molecule has 7 aromatic heterocycles. The summed E-state index contributed by atoms with van der Waals surface area (Å²) in [5.41, 5.74) is -0.248. The van der Waals surface area contributed by atoms with Gasteiger partial charge in [0.2, 0.25) is 29.5 Å². The predicted octanol–water partition coefficient (Wildman–Crippen LogP) is 10.9. The summed E-state index contributed by atoms with van der Waals surface area (Å²) in [6.07, 6.45) is 17.4. The van der Waals surface area contributed by atoms with E-state index in [1.54, 1.807) is 106 Å². The first-order valence-electron chi connectivity index (χ1n) is 42.4. The Balaban J connectivity index is 0.000000170. The second-order valence-corrected chi connectivity index (χ2v) is 34.2. The molecule has 1 unspecified atom stereocenters. The normalized spacial score (nSPS) is 18.1. The number of carbonyl (C=O) groups is 9. The molecule has 0 aliphatic carbocycles. The molecule has 0 radical (unpaired) electrons. The first kappa shape index (κ1) is 97.3. The van der Waals surface area contributed by atoms with Gasteiger partial charge in [-0.15, -0.1) is 0 Å². The molecule has 0 spiro atoms. The number of nitriles is 2. The number of pyridine rings is 2. The zero-order chi connectivity index (χ0) is 92.1. The minimum atomic E-state index is -0.831. The van der Waals surface area contributed by atoms with Crippen molar-refractivity contribution in [1.29, 1.82) is 10.5 Å². The second kappa shape index (κ2) is 44.5. The van der Waals surface area contributed by atoms with Gasteiger partial charge in [0.15, 0.2) is 5.82 Å². The van der Waals surface area contributed by atoms with Crippen molar-refractivity contribution in [3.05, 3.63) is 160 Å². The molecule has 9 aromatic rings. The molecule has 40 heteroatoms. The number of piperidine rings is 5. The summed E-state index contributed by atoms with van der Waals surface area (Å²) in [5.74, 6) is 2.34. The van der Waals surface area contributed by atoms with Crippen LogP contribution in [-0.2, 0) is 46.5 Å². The number of anilines is 5. The van der Waals surface area contributed by atoms with E-state index in [-0.39, 0.29) is 147 Å². The van der Waals surface area contributed by atoms with Crippen LogP contribution < -0.4 is 51.1 Å². The number of amides is 9. The molecule has 9 amide bonds. The Morgan fingerprint density at radius 3 is 1.09 bits per heavy atom. The van der Waals surface area contributed by atoms with Gasteiger partial charge in [-0.25, -0.2) is 42.8 Å². The fourth-order valence-corrected chi connectivity index (χ4v) is 16.3. The lowest BCUT2D eigenvalue weighted by Crippen LogP contribution is -2.47. The van der Waals surface area contributed by atoms with E-state index in [0.29, 0.717) is 12.4 Å². The third kappa shape index (κ3) is 26.9. The van der Waals surface area contributed by atoms with Crippen molar-refractivity contribution in [3.8, 4) is 40.3 Å². The number of halogens is 3. The van der Waals surface area contributed by atoms with Gasteiger partial charge in [-0.2, -0.15) is 36.0 Å². The average molecular weight is 1800 g/mol. The van der Waals surface area contributed by atoms with Gasteiger partial charge in [0.1, 0.15) is 46.1 Å². The van der Waals surface area contributed by atoms with Gasteiger partial charge in [0.05, 0.1) is 117 Å². The van der Waals surface area contributed by atoms with E-state index in [2.05, 4.69) is 96.9 Å². The van der Waals surface area contributed by atoms with Gasteiger partial charge < -0.3 is 60.6 Å². The van der Waals surface area contributed by atoms with Gasteiger partial charge in [0, 0.05) is 167 Å². The molecule has 9 N–H and O–H groups in total.